The zero-order valence-corrected chi connectivity index (χ0v) is 14.2. The van der Waals surface area contributed by atoms with Crippen molar-refractivity contribution in [3.05, 3.63) is 33.8 Å². The van der Waals surface area contributed by atoms with E-state index in [1.807, 2.05) is 0 Å². The summed E-state index contributed by atoms with van der Waals surface area (Å²) in [6.07, 6.45) is -0.180. The molecule has 0 fully saturated rings. The van der Waals surface area contributed by atoms with Gasteiger partial charge in [-0.3, -0.25) is 0 Å². The van der Waals surface area contributed by atoms with E-state index in [2.05, 4.69) is 5.32 Å². The van der Waals surface area contributed by atoms with Crippen LogP contribution >= 0.6 is 23.2 Å². The first kappa shape index (κ1) is 18.6. The fourth-order valence-electron chi connectivity index (χ4n) is 1.73. The molecule has 0 saturated heterocycles. The monoisotopic (exact) mass is 347 g/mol. The van der Waals surface area contributed by atoms with E-state index in [9.17, 15) is 14.7 Å². The molecule has 5 nitrogen and oxygen atoms in total. The van der Waals surface area contributed by atoms with Crippen molar-refractivity contribution in [2.75, 3.05) is 0 Å². The molecule has 7 heteroatoms. The number of rotatable bonds is 5. The predicted molar refractivity (Wildman–Crippen MR) is 85.6 cm³/mol. The normalized spacial score (nSPS) is 12.6. The highest BCUT2D eigenvalue weighted by Crippen LogP contribution is 2.22. The highest BCUT2D eigenvalue weighted by atomic mass is 35.5. The molecule has 0 aliphatic carbocycles. The molecule has 0 spiro atoms. The van der Waals surface area contributed by atoms with Crippen LogP contribution in [0.3, 0.4) is 0 Å². The van der Waals surface area contributed by atoms with Crippen molar-refractivity contribution in [3.63, 3.8) is 0 Å². The number of nitrogens with one attached hydrogen (secondary N) is 1. The number of carbonyl (C=O) groups is 2. The average Bonchev–Trinajstić information content (AvgIpc) is 2.33. The molecule has 1 rings (SSSR count). The maximum absolute atomic E-state index is 11.7. The van der Waals surface area contributed by atoms with E-state index < -0.39 is 23.7 Å². The van der Waals surface area contributed by atoms with Gasteiger partial charge in [-0.2, -0.15) is 0 Å². The smallest absolute Gasteiger partial charge is 0.408 e. The van der Waals surface area contributed by atoms with Crippen molar-refractivity contribution in [1.82, 2.24) is 5.32 Å². The number of benzene rings is 1. The molecular formula is C15H19Cl2NO4. The zero-order chi connectivity index (χ0) is 16.9. The Morgan fingerprint density at radius 2 is 1.95 bits per heavy atom. The summed E-state index contributed by atoms with van der Waals surface area (Å²) >= 11 is 11.8. The lowest BCUT2D eigenvalue weighted by atomic mass is 10.1. The summed E-state index contributed by atoms with van der Waals surface area (Å²) in [6, 6.07) is 3.95. The van der Waals surface area contributed by atoms with Crippen molar-refractivity contribution >= 4 is 35.3 Å². The lowest BCUT2D eigenvalue weighted by Crippen LogP contribution is -2.43. The Hall–Kier alpha value is -1.46. The summed E-state index contributed by atoms with van der Waals surface area (Å²) in [5.41, 5.74) is 0.0791. The molecule has 1 unspecified atom stereocenters. The van der Waals surface area contributed by atoms with Crippen LogP contribution in [0.15, 0.2) is 18.2 Å². The van der Waals surface area contributed by atoms with Crippen molar-refractivity contribution in [2.24, 2.45) is 0 Å². The minimum absolute atomic E-state index is 0.190. The van der Waals surface area contributed by atoms with Gasteiger partial charge in [0.2, 0.25) is 0 Å². The number of alkyl carbamates (subject to hydrolysis) is 1. The van der Waals surface area contributed by atoms with E-state index in [-0.39, 0.29) is 6.42 Å². The standard InChI is InChI=1S/C15H19Cl2NO4/c1-15(2,3)22-14(21)18-12(13(19)20)7-5-9-4-6-10(16)8-11(9)17/h4,6,8,12H,5,7H2,1-3H3,(H,18,21)(H,19,20). The number of carboxylic acid groups (broad SMARTS) is 1. The molecule has 1 amide bonds. The van der Waals surface area contributed by atoms with Crippen LogP contribution in [0, 0.1) is 0 Å². The lowest BCUT2D eigenvalue weighted by molar-refractivity contribution is -0.139. The molecule has 2 N–H and O–H groups in total. The zero-order valence-electron chi connectivity index (χ0n) is 12.7. The second-order valence-electron chi connectivity index (χ2n) is 5.81. The summed E-state index contributed by atoms with van der Waals surface area (Å²) in [6.45, 7) is 5.11. The van der Waals surface area contributed by atoms with Crippen LogP contribution in [0.4, 0.5) is 4.79 Å². The molecule has 0 heterocycles. The van der Waals surface area contributed by atoms with E-state index in [0.29, 0.717) is 16.5 Å². The van der Waals surface area contributed by atoms with Gasteiger partial charge in [-0.1, -0.05) is 29.3 Å². The Labute approximate surface area is 139 Å². The van der Waals surface area contributed by atoms with Gasteiger partial charge in [0.15, 0.2) is 0 Å². The Balaban J connectivity index is 2.65. The number of halogens is 2. The molecule has 122 valence electrons. The molecule has 1 aromatic carbocycles. The van der Waals surface area contributed by atoms with Crippen LogP contribution in [-0.4, -0.2) is 28.8 Å². The third kappa shape index (κ3) is 6.54. The van der Waals surface area contributed by atoms with Gasteiger partial charge in [-0.15, -0.1) is 0 Å². The first-order valence-corrected chi connectivity index (χ1v) is 7.50. The van der Waals surface area contributed by atoms with E-state index in [1.54, 1.807) is 39.0 Å². The first-order valence-electron chi connectivity index (χ1n) is 6.75. The van der Waals surface area contributed by atoms with Gasteiger partial charge in [0.25, 0.3) is 0 Å². The molecule has 0 saturated carbocycles. The van der Waals surface area contributed by atoms with E-state index in [4.69, 9.17) is 27.9 Å². The van der Waals surface area contributed by atoms with Crippen molar-refractivity contribution in [3.8, 4) is 0 Å². The van der Waals surface area contributed by atoms with E-state index >= 15 is 0 Å². The Morgan fingerprint density at radius 1 is 1.32 bits per heavy atom. The van der Waals surface area contributed by atoms with Gasteiger partial charge in [0, 0.05) is 10.0 Å². The Bertz CT molecular complexity index is 555. The number of aryl methyl sites for hydroxylation is 1. The third-order valence-electron chi connectivity index (χ3n) is 2.71. The van der Waals surface area contributed by atoms with Crippen molar-refractivity contribution in [2.45, 2.75) is 45.3 Å². The van der Waals surface area contributed by atoms with E-state index in [1.165, 1.54) is 0 Å². The van der Waals surface area contributed by atoms with E-state index in [0.717, 1.165) is 5.56 Å². The van der Waals surface area contributed by atoms with Crippen LogP contribution < -0.4 is 5.32 Å². The van der Waals surface area contributed by atoms with Gasteiger partial charge >= 0.3 is 12.1 Å². The molecule has 0 aromatic heterocycles. The average molecular weight is 348 g/mol. The fraction of sp³-hybridized carbons (Fsp3) is 0.467. The lowest BCUT2D eigenvalue weighted by Gasteiger charge is -2.22. The summed E-state index contributed by atoms with van der Waals surface area (Å²) < 4.78 is 5.05. The molecule has 0 radical (unpaired) electrons. The van der Waals surface area contributed by atoms with Crippen LogP contribution in [0.2, 0.25) is 10.0 Å². The molecule has 1 aromatic rings. The fourth-order valence-corrected chi connectivity index (χ4v) is 2.23. The summed E-state index contributed by atoms with van der Waals surface area (Å²) in [5.74, 6) is -1.13. The van der Waals surface area contributed by atoms with Crippen LogP contribution in [0.25, 0.3) is 0 Å². The molecule has 22 heavy (non-hydrogen) atoms. The minimum atomic E-state index is -1.13. The minimum Gasteiger partial charge on any atom is -0.480 e. The predicted octanol–water partition coefficient (Wildman–Crippen LogP) is 3.90. The second kappa shape index (κ2) is 7.70. The SMILES string of the molecule is CC(C)(C)OC(=O)NC(CCc1ccc(Cl)cc1Cl)C(=O)O. The van der Waals surface area contributed by atoms with Gasteiger partial charge in [0.1, 0.15) is 11.6 Å². The van der Waals surface area contributed by atoms with Crippen LogP contribution in [-0.2, 0) is 16.0 Å². The molecule has 0 bridgehead atoms. The quantitative estimate of drug-likeness (QED) is 0.846. The molecule has 0 aliphatic rings. The Kier molecular flexibility index (Phi) is 6.50. The maximum Gasteiger partial charge on any atom is 0.408 e. The topological polar surface area (TPSA) is 75.6 Å². The second-order valence-corrected chi connectivity index (χ2v) is 6.66. The summed E-state index contributed by atoms with van der Waals surface area (Å²) in [4.78, 5) is 22.9. The van der Waals surface area contributed by atoms with Crippen LogP contribution in [0.1, 0.15) is 32.8 Å². The molecular weight excluding hydrogens is 329 g/mol. The number of carbonyl (C=O) groups excluding carboxylic acids is 1. The van der Waals surface area contributed by atoms with Crippen molar-refractivity contribution < 1.29 is 19.4 Å². The third-order valence-corrected chi connectivity index (χ3v) is 3.29. The molecule has 1 atom stereocenters. The highest BCUT2D eigenvalue weighted by molar-refractivity contribution is 6.35. The maximum atomic E-state index is 11.7. The Morgan fingerprint density at radius 3 is 2.45 bits per heavy atom. The number of carboxylic acids is 1. The summed E-state index contributed by atoms with van der Waals surface area (Å²) in [7, 11) is 0. The first-order chi connectivity index (χ1) is 10.1. The number of hydrogen-bond donors (Lipinski definition) is 2. The molecule has 0 aliphatic heterocycles. The number of hydrogen-bond acceptors (Lipinski definition) is 3. The number of ether oxygens (including phenoxy) is 1. The van der Waals surface area contributed by atoms with Gasteiger partial charge in [-0.05, 0) is 51.3 Å². The van der Waals surface area contributed by atoms with Gasteiger partial charge < -0.3 is 15.2 Å². The number of amides is 1. The van der Waals surface area contributed by atoms with Gasteiger partial charge in [0.05, 0.1) is 0 Å². The van der Waals surface area contributed by atoms with Gasteiger partial charge in [-0.25, -0.2) is 9.59 Å². The van der Waals surface area contributed by atoms with Crippen LogP contribution in [0.5, 0.6) is 0 Å². The highest BCUT2D eigenvalue weighted by Gasteiger charge is 2.24. The summed E-state index contributed by atoms with van der Waals surface area (Å²) in [5, 5.41) is 12.5. The number of aliphatic carboxylic acids is 1. The largest absolute Gasteiger partial charge is 0.480 e. The van der Waals surface area contributed by atoms with Crippen molar-refractivity contribution in [1.29, 1.82) is 0 Å².